The molecule has 3 rings (SSSR count). The van der Waals surface area contributed by atoms with Crippen LogP contribution in [0.5, 0.6) is 0 Å². The Balaban J connectivity index is 1.84. The van der Waals surface area contributed by atoms with E-state index in [1.54, 1.807) is 36.4 Å². The second kappa shape index (κ2) is 9.13. The molecule has 0 aliphatic rings. The fourth-order valence-electron chi connectivity index (χ4n) is 2.42. The molecule has 30 heavy (non-hydrogen) atoms. The Kier molecular flexibility index (Phi) is 6.77. The second-order valence-electron chi connectivity index (χ2n) is 6.16. The fourth-order valence-corrected chi connectivity index (χ4v) is 3.53. The predicted octanol–water partition coefficient (Wildman–Crippen LogP) is 6.18. The molecule has 0 aliphatic carbocycles. The molecule has 0 spiro atoms. The molecular weight excluding hydrogens is 486 g/mol. The monoisotopic (exact) mass is 499 g/mol. The Bertz CT molecular complexity index is 1060. The predicted molar refractivity (Wildman–Crippen MR) is 111 cm³/mol. The van der Waals surface area contributed by atoms with Gasteiger partial charge in [0, 0.05) is 10.0 Å². The lowest BCUT2D eigenvalue weighted by atomic mass is 10.1. The molecule has 156 valence electrons. The van der Waals surface area contributed by atoms with Gasteiger partial charge in [-0.25, -0.2) is 14.4 Å². The van der Waals surface area contributed by atoms with Crippen LogP contribution in [0.1, 0.15) is 12.6 Å². The number of carbonyl (C=O) groups excluding carboxylic acids is 1. The summed E-state index contributed by atoms with van der Waals surface area (Å²) in [6.07, 6.45) is -4.67. The molecule has 1 unspecified atom stereocenters. The average molecular weight is 500 g/mol. The molecule has 0 saturated carbocycles. The molecule has 1 amide bonds. The third kappa shape index (κ3) is 5.57. The van der Waals surface area contributed by atoms with Crippen molar-refractivity contribution in [2.75, 3.05) is 5.32 Å². The first-order valence-corrected chi connectivity index (χ1v) is 10.2. The molecule has 1 N–H and O–H groups in total. The number of hydrogen-bond acceptors (Lipinski definition) is 4. The van der Waals surface area contributed by atoms with E-state index >= 15 is 0 Å². The van der Waals surface area contributed by atoms with E-state index in [9.17, 15) is 22.4 Å². The Hall–Kier alpha value is -2.46. The summed E-state index contributed by atoms with van der Waals surface area (Å²) in [6.45, 7) is 1.47. The number of aromatic nitrogens is 2. The summed E-state index contributed by atoms with van der Waals surface area (Å²) in [6, 6.07) is 13.3. The van der Waals surface area contributed by atoms with Gasteiger partial charge in [0.25, 0.3) is 0 Å². The maximum Gasteiger partial charge on any atom is 0.433 e. The Morgan fingerprint density at radius 3 is 2.43 bits per heavy atom. The van der Waals surface area contributed by atoms with Crippen LogP contribution in [0.2, 0.25) is 0 Å². The molecule has 1 aromatic heterocycles. The summed E-state index contributed by atoms with van der Waals surface area (Å²) in [5.41, 5.74) is -0.565. The van der Waals surface area contributed by atoms with E-state index < -0.39 is 28.8 Å². The van der Waals surface area contributed by atoms with Crippen molar-refractivity contribution in [3.05, 3.63) is 70.6 Å². The van der Waals surface area contributed by atoms with Gasteiger partial charge in [-0.15, -0.1) is 0 Å². The number of halogens is 5. The van der Waals surface area contributed by atoms with Crippen molar-refractivity contribution < 1.29 is 22.4 Å². The third-order valence-electron chi connectivity index (χ3n) is 3.91. The lowest BCUT2D eigenvalue weighted by molar-refractivity contribution is -0.141. The van der Waals surface area contributed by atoms with Gasteiger partial charge in [0.1, 0.15) is 11.5 Å². The molecule has 4 nitrogen and oxygen atoms in total. The molecule has 0 saturated heterocycles. The number of hydrogen-bond donors (Lipinski definition) is 1. The Morgan fingerprint density at radius 1 is 1.10 bits per heavy atom. The van der Waals surface area contributed by atoms with E-state index in [1.807, 2.05) is 0 Å². The Labute approximate surface area is 182 Å². The number of benzene rings is 2. The van der Waals surface area contributed by atoms with Gasteiger partial charge in [-0.2, -0.15) is 13.2 Å². The van der Waals surface area contributed by atoms with Crippen molar-refractivity contribution in [1.82, 2.24) is 9.97 Å². The van der Waals surface area contributed by atoms with Crippen molar-refractivity contribution in [3.63, 3.8) is 0 Å². The van der Waals surface area contributed by atoms with E-state index in [4.69, 9.17) is 0 Å². The maximum absolute atomic E-state index is 13.9. The highest BCUT2D eigenvalue weighted by Crippen LogP contribution is 2.33. The number of anilines is 1. The van der Waals surface area contributed by atoms with Crippen LogP contribution in [-0.4, -0.2) is 21.1 Å². The zero-order chi connectivity index (χ0) is 21.9. The molecule has 1 heterocycles. The first-order chi connectivity index (χ1) is 14.1. The van der Waals surface area contributed by atoms with Crippen molar-refractivity contribution in [2.24, 2.45) is 0 Å². The highest BCUT2D eigenvalue weighted by molar-refractivity contribution is 9.10. The number of carbonyl (C=O) groups is 1. The summed E-state index contributed by atoms with van der Waals surface area (Å²) in [5, 5.41) is 1.33. The zero-order valence-corrected chi connectivity index (χ0v) is 17.8. The van der Waals surface area contributed by atoms with Crippen molar-refractivity contribution in [3.8, 4) is 11.3 Å². The van der Waals surface area contributed by atoms with E-state index in [2.05, 4.69) is 31.2 Å². The lowest BCUT2D eigenvalue weighted by Crippen LogP contribution is -2.23. The minimum atomic E-state index is -4.67. The minimum Gasteiger partial charge on any atom is -0.323 e. The molecule has 1 atom stereocenters. The van der Waals surface area contributed by atoms with Crippen molar-refractivity contribution in [2.45, 2.75) is 23.5 Å². The van der Waals surface area contributed by atoms with Gasteiger partial charge in [-0.05, 0) is 31.2 Å². The quantitative estimate of drug-likeness (QED) is 0.258. The summed E-state index contributed by atoms with van der Waals surface area (Å²) < 4.78 is 54.3. The molecule has 0 bridgehead atoms. The number of nitrogens with one attached hydrogen (secondary N) is 1. The number of rotatable bonds is 5. The molecule has 3 aromatic rings. The SMILES string of the molecule is CC(Sc1nc(-c2ccccc2)cc(C(F)(F)F)n1)C(=O)Nc1ccc(Br)cc1F. The second-order valence-corrected chi connectivity index (χ2v) is 8.38. The molecule has 0 aliphatic heterocycles. The first-order valence-electron chi connectivity index (χ1n) is 8.58. The zero-order valence-electron chi connectivity index (χ0n) is 15.4. The van der Waals surface area contributed by atoms with Crippen LogP contribution in [0, 0.1) is 5.82 Å². The van der Waals surface area contributed by atoms with Crippen LogP contribution < -0.4 is 5.32 Å². The largest absolute Gasteiger partial charge is 0.433 e. The van der Waals surface area contributed by atoms with Crippen LogP contribution in [0.4, 0.5) is 23.2 Å². The topological polar surface area (TPSA) is 54.9 Å². The van der Waals surface area contributed by atoms with Gasteiger partial charge < -0.3 is 5.32 Å². The van der Waals surface area contributed by atoms with Crippen molar-refractivity contribution in [1.29, 1.82) is 0 Å². The lowest BCUT2D eigenvalue weighted by Gasteiger charge is -2.14. The summed E-state index contributed by atoms with van der Waals surface area (Å²) in [4.78, 5) is 20.1. The first kappa shape index (κ1) is 22.2. The Morgan fingerprint density at radius 2 is 1.80 bits per heavy atom. The fraction of sp³-hybridized carbons (Fsp3) is 0.150. The van der Waals surface area contributed by atoms with Gasteiger partial charge >= 0.3 is 6.18 Å². The smallest absolute Gasteiger partial charge is 0.323 e. The summed E-state index contributed by atoms with van der Waals surface area (Å²) >= 11 is 3.87. The van der Waals surface area contributed by atoms with Gasteiger partial charge in [0.05, 0.1) is 16.6 Å². The molecule has 0 fully saturated rings. The molecule has 2 aromatic carbocycles. The van der Waals surface area contributed by atoms with E-state index in [1.165, 1.54) is 19.1 Å². The van der Waals surface area contributed by atoms with E-state index in [0.29, 0.717) is 10.0 Å². The average Bonchev–Trinajstić information content (AvgIpc) is 2.69. The van der Waals surface area contributed by atoms with E-state index in [-0.39, 0.29) is 16.5 Å². The number of thioether (sulfide) groups is 1. The van der Waals surface area contributed by atoms with Gasteiger partial charge in [0.15, 0.2) is 5.16 Å². The van der Waals surface area contributed by atoms with Crippen LogP contribution in [-0.2, 0) is 11.0 Å². The van der Waals surface area contributed by atoms with Crippen LogP contribution in [0.25, 0.3) is 11.3 Å². The van der Waals surface area contributed by atoms with Crippen LogP contribution >= 0.6 is 27.7 Å². The number of alkyl halides is 3. The number of amides is 1. The normalized spacial score (nSPS) is 12.5. The highest BCUT2D eigenvalue weighted by atomic mass is 79.9. The van der Waals surface area contributed by atoms with Crippen LogP contribution in [0.15, 0.2) is 64.2 Å². The maximum atomic E-state index is 13.9. The van der Waals surface area contributed by atoms with Gasteiger partial charge in [-0.1, -0.05) is 58.0 Å². The van der Waals surface area contributed by atoms with Gasteiger partial charge in [0.2, 0.25) is 5.91 Å². The highest BCUT2D eigenvalue weighted by Gasteiger charge is 2.34. The van der Waals surface area contributed by atoms with E-state index in [0.717, 1.165) is 17.8 Å². The molecular formula is C20H14BrF4N3OS. The molecule has 0 radical (unpaired) electrons. The van der Waals surface area contributed by atoms with Gasteiger partial charge in [-0.3, -0.25) is 4.79 Å². The standard InChI is InChI=1S/C20H14BrF4N3OS/c1-11(18(29)26-15-8-7-13(21)9-14(15)22)30-19-27-16(12-5-3-2-4-6-12)10-17(28-19)20(23,24)25/h2-11H,1H3,(H,26,29). The minimum absolute atomic E-state index is 0.0365. The summed E-state index contributed by atoms with van der Waals surface area (Å²) in [5.74, 6) is -1.24. The number of nitrogens with zero attached hydrogens (tertiary/aromatic N) is 2. The van der Waals surface area contributed by atoms with Crippen molar-refractivity contribution >= 4 is 39.3 Å². The molecule has 10 heteroatoms. The third-order valence-corrected chi connectivity index (χ3v) is 5.36. The summed E-state index contributed by atoms with van der Waals surface area (Å²) in [7, 11) is 0. The van der Waals surface area contributed by atoms with Crippen LogP contribution in [0.3, 0.4) is 0 Å².